The zero-order valence-corrected chi connectivity index (χ0v) is 37.2. The van der Waals surface area contributed by atoms with Gasteiger partial charge in [0.05, 0.1) is 12.1 Å². The van der Waals surface area contributed by atoms with E-state index in [0.717, 1.165) is 52.0 Å². The minimum atomic E-state index is -1.41. The van der Waals surface area contributed by atoms with Crippen LogP contribution in [0.1, 0.15) is 87.0 Å². The van der Waals surface area contributed by atoms with Gasteiger partial charge in [0.25, 0.3) is 0 Å². The summed E-state index contributed by atoms with van der Waals surface area (Å²) in [5, 5.41) is 28.0. The molecule has 7 atom stereocenters. The van der Waals surface area contributed by atoms with E-state index in [0.29, 0.717) is 59.4 Å². The van der Waals surface area contributed by atoms with Crippen LogP contribution in [0.5, 0.6) is 11.5 Å². The molecule has 2 saturated heterocycles. The topological polar surface area (TPSA) is 202 Å². The molecule has 2 aliphatic heterocycles. The fourth-order valence-corrected chi connectivity index (χ4v) is 9.05. The molecule has 4 heterocycles. The third-order valence-corrected chi connectivity index (χ3v) is 12.6. The number of anilines is 1. The molecular weight excluding hydrogens is 795 g/mol. The predicted molar refractivity (Wildman–Crippen MR) is 234 cm³/mol. The second-order valence-corrected chi connectivity index (χ2v) is 19.0. The molecule has 338 valence electrons. The lowest BCUT2D eigenvalue weighted by Gasteiger charge is -2.35. The van der Waals surface area contributed by atoms with Crippen molar-refractivity contribution in [3.63, 3.8) is 0 Å². The highest BCUT2D eigenvalue weighted by molar-refractivity contribution is 5.96. The molecule has 2 aromatic heterocycles. The Morgan fingerprint density at radius 2 is 1.82 bits per heavy atom. The first-order valence-corrected chi connectivity index (χ1v) is 22.4. The maximum absolute atomic E-state index is 14.8. The molecule has 17 nitrogen and oxygen atoms in total. The molecule has 0 radical (unpaired) electrons. The van der Waals surface area contributed by atoms with E-state index in [1.807, 2.05) is 72.0 Å². The van der Waals surface area contributed by atoms with Crippen LogP contribution in [0, 0.1) is 17.3 Å². The summed E-state index contributed by atoms with van der Waals surface area (Å²) in [6.07, 6.45) is 3.61. The number of alkyl carbamates (subject to hydrolysis) is 1. The number of likely N-dealkylation sites (tertiary alicyclic amines) is 1. The molecule has 3 amide bonds. The van der Waals surface area contributed by atoms with Gasteiger partial charge in [-0.2, -0.15) is 0 Å². The molecule has 4 aliphatic rings. The van der Waals surface area contributed by atoms with Crippen LogP contribution >= 0.6 is 0 Å². The Labute approximate surface area is 364 Å². The van der Waals surface area contributed by atoms with Gasteiger partial charge in [0.1, 0.15) is 53.8 Å². The Morgan fingerprint density at radius 1 is 1.05 bits per heavy atom. The number of rotatable bonds is 16. The molecule has 3 aromatic rings. The number of fused-ring (bicyclic) bond motifs is 1. The fraction of sp³-hybridized carbons (Fsp3) is 0.644. The molecule has 1 aromatic carbocycles. The average Bonchev–Trinajstić information content (AvgIpc) is 3.53. The molecular formula is C45H65N9O8. The number of amides is 3. The van der Waals surface area contributed by atoms with Crippen LogP contribution in [0.15, 0.2) is 36.5 Å². The molecule has 7 rings (SSSR count). The molecule has 0 spiro atoms. The van der Waals surface area contributed by atoms with Crippen molar-refractivity contribution in [2.24, 2.45) is 17.3 Å². The second kappa shape index (κ2) is 18.7. The van der Waals surface area contributed by atoms with E-state index >= 15 is 0 Å². The van der Waals surface area contributed by atoms with Gasteiger partial charge in [-0.05, 0) is 68.9 Å². The van der Waals surface area contributed by atoms with Crippen LogP contribution in [0.25, 0.3) is 16.7 Å². The van der Waals surface area contributed by atoms with Crippen molar-refractivity contribution >= 4 is 40.6 Å². The Kier molecular flexibility index (Phi) is 13.5. The number of hydrogen-bond donors (Lipinski definition) is 5. The van der Waals surface area contributed by atoms with Crippen molar-refractivity contribution in [2.75, 3.05) is 51.2 Å². The lowest BCUT2D eigenvalue weighted by atomic mass is 9.85. The summed E-state index contributed by atoms with van der Waals surface area (Å²) in [6, 6.07) is 7.31. The van der Waals surface area contributed by atoms with Crippen LogP contribution in [-0.2, 0) is 19.1 Å². The van der Waals surface area contributed by atoms with Crippen LogP contribution in [0.4, 0.5) is 10.6 Å². The zero-order chi connectivity index (χ0) is 44.3. The van der Waals surface area contributed by atoms with Crippen LogP contribution in [-0.4, -0.2) is 135 Å². The van der Waals surface area contributed by atoms with Gasteiger partial charge in [0, 0.05) is 75.0 Å². The summed E-state index contributed by atoms with van der Waals surface area (Å²) in [6.45, 7) is 18.7. The van der Waals surface area contributed by atoms with Crippen LogP contribution < -0.4 is 30.7 Å². The standard InChI is InChI=1S/C45H65N9O8/c1-8-29-25-45(29,42(57)58)50-40(55)35-23-32(26-53(35)41(56)39(44(5,6)7)49-43(59)62-31-10-9-28(4)21-31)61-36-24-38(54-16-13-37(51-54)47-27(2)3)48-34-22-30(11-12-33(34)36)60-20-19-52-17-14-46-15-18-52/h11-13,16,22,24,27-29,31-32,35,39,46H,8-10,14-15,17-21,23,25-26H2,1-7H3,(H,47,51)(H,49,59)(H,50,55)(H,57,58)/t28?,29?,31?,32-,35?,39?,45-/m1/s1. The molecule has 5 N–H and O–H groups in total. The Bertz CT molecular complexity index is 2100. The predicted octanol–water partition coefficient (Wildman–Crippen LogP) is 4.57. The van der Waals surface area contributed by atoms with Crippen molar-refractivity contribution in [1.82, 2.24) is 40.5 Å². The molecule has 4 fully saturated rings. The minimum Gasteiger partial charge on any atom is -0.492 e. The minimum absolute atomic E-state index is 0.00572. The number of carboxylic acids is 1. The van der Waals surface area contributed by atoms with E-state index in [4.69, 9.17) is 24.3 Å². The Morgan fingerprint density at radius 3 is 2.48 bits per heavy atom. The SMILES string of the molecule is CCC1C[C@]1(NC(=O)C1C[C@@H](Oc2cc(-n3ccc(NC(C)C)n3)nc3cc(OCCN4CCNCC4)ccc23)CN1C(=O)C(NC(=O)OC1CCC(C)C1)C(C)(C)C)C(=O)O. The lowest BCUT2D eigenvalue weighted by Crippen LogP contribution is -2.59. The van der Waals surface area contributed by atoms with Gasteiger partial charge in [-0.15, -0.1) is 5.10 Å². The molecule has 17 heteroatoms. The van der Waals surface area contributed by atoms with E-state index in [9.17, 15) is 24.3 Å². The molecule has 0 bridgehead atoms. The van der Waals surface area contributed by atoms with Gasteiger partial charge in [-0.1, -0.05) is 41.0 Å². The lowest BCUT2D eigenvalue weighted by molar-refractivity contribution is -0.146. The number of ether oxygens (including phenoxy) is 3. The van der Waals surface area contributed by atoms with E-state index in [1.165, 1.54) is 4.90 Å². The number of benzene rings is 1. The van der Waals surface area contributed by atoms with Gasteiger partial charge in [-0.25, -0.2) is 19.3 Å². The summed E-state index contributed by atoms with van der Waals surface area (Å²) in [5.41, 5.74) is -1.59. The fourth-order valence-electron chi connectivity index (χ4n) is 9.05. The highest BCUT2D eigenvalue weighted by atomic mass is 16.6. The summed E-state index contributed by atoms with van der Waals surface area (Å²) >= 11 is 0. The maximum Gasteiger partial charge on any atom is 0.408 e. The number of piperazine rings is 1. The van der Waals surface area contributed by atoms with Crippen LogP contribution in [0.3, 0.4) is 0 Å². The van der Waals surface area contributed by atoms with Crippen molar-refractivity contribution in [3.8, 4) is 17.3 Å². The van der Waals surface area contributed by atoms with E-state index in [1.54, 1.807) is 10.7 Å². The monoisotopic (exact) mass is 859 g/mol. The maximum atomic E-state index is 14.8. The third-order valence-electron chi connectivity index (χ3n) is 12.6. The summed E-state index contributed by atoms with van der Waals surface area (Å²) < 4.78 is 20.5. The normalized spacial score (nSPS) is 25.7. The average molecular weight is 860 g/mol. The van der Waals surface area contributed by atoms with Gasteiger partial charge in [0.2, 0.25) is 11.8 Å². The Balaban J connectivity index is 1.18. The number of aromatic nitrogens is 3. The highest BCUT2D eigenvalue weighted by Crippen LogP contribution is 2.46. The summed E-state index contributed by atoms with van der Waals surface area (Å²) in [5.74, 6) is 0.313. The first-order chi connectivity index (χ1) is 29.5. The molecule has 5 unspecified atom stereocenters. The Hall–Kier alpha value is -5.16. The van der Waals surface area contributed by atoms with Gasteiger partial charge >= 0.3 is 12.1 Å². The van der Waals surface area contributed by atoms with Gasteiger partial charge < -0.3 is 45.5 Å². The molecule has 2 saturated carbocycles. The molecule has 62 heavy (non-hydrogen) atoms. The first-order valence-electron chi connectivity index (χ1n) is 22.4. The summed E-state index contributed by atoms with van der Waals surface area (Å²) in [7, 11) is 0. The number of carbonyl (C=O) groups is 4. The van der Waals surface area contributed by atoms with Crippen molar-refractivity contribution in [3.05, 3.63) is 36.5 Å². The summed E-state index contributed by atoms with van der Waals surface area (Å²) in [4.78, 5) is 63.7. The number of nitrogens with zero attached hydrogens (tertiary/aromatic N) is 5. The number of hydrogen-bond acceptors (Lipinski definition) is 12. The second-order valence-electron chi connectivity index (χ2n) is 19.0. The zero-order valence-electron chi connectivity index (χ0n) is 37.2. The molecule has 2 aliphatic carbocycles. The quantitative estimate of drug-likeness (QED) is 0.134. The van der Waals surface area contributed by atoms with E-state index < -0.39 is 53.0 Å². The van der Waals surface area contributed by atoms with Crippen molar-refractivity contribution in [1.29, 1.82) is 0 Å². The van der Waals surface area contributed by atoms with Gasteiger partial charge in [-0.3, -0.25) is 14.5 Å². The number of carbonyl (C=O) groups excluding carboxylic acids is 3. The van der Waals surface area contributed by atoms with E-state index in [2.05, 4.69) is 33.1 Å². The highest BCUT2D eigenvalue weighted by Gasteiger charge is 2.61. The van der Waals surface area contributed by atoms with Crippen molar-refractivity contribution in [2.45, 2.75) is 123 Å². The van der Waals surface area contributed by atoms with Crippen molar-refractivity contribution < 1.29 is 38.5 Å². The smallest absolute Gasteiger partial charge is 0.408 e. The van der Waals surface area contributed by atoms with Crippen LogP contribution in [0.2, 0.25) is 0 Å². The number of aliphatic carboxylic acids is 1. The third kappa shape index (κ3) is 10.4. The van der Waals surface area contributed by atoms with E-state index in [-0.39, 0.29) is 31.0 Å². The number of pyridine rings is 1. The first kappa shape index (κ1) is 44.9. The number of carboxylic acid groups (broad SMARTS) is 1. The van der Waals surface area contributed by atoms with Gasteiger partial charge in [0.15, 0.2) is 5.82 Å². The largest absolute Gasteiger partial charge is 0.492 e. The number of nitrogens with one attached hydrogen (secondary N) is 4.